The van der Waals surface area contributed by atoms with Crippen LogP contribution in [0.3, 0.4) is 0 Å². The van der Waals surface area contributed by atoms with Crippen LogP contribution in [0.15, 0.2) is 24.4 Å². The number of amides is 1. The van der Waals surface area contributed by atoms with E-state index in [9.17, 15) is 18.0 Å². The number of ether oxygens (including phenoxy) is 1. The number of carbonyl (C=O) groups is 1. The quantitative estimate of drug-likeness (QED) is 0.813. The van der Waals surface area contributed by atoms with Crippen molar-refractivity contribution in [3.05, 3.63) is 35.5 Å². The van der Waals surface area contributed by atoms with Gasteiger partial charge in [-0.15, -0.1) is 0 Å². The van der Waals surface area contributed by atoms with Gasteiger partial charge in [-0.3, -0.25) is 4.79 Å². The fraction of sp³-hybridized carbons (Fsp3) is 0.421. The number of anilines is 4. The Labute approximate surface area is 165 Å². The number of aryl methyl sites for hydroxylation is 1. The van der Waals surface area contributed by atoms with Crippen LogP contribution >= 0.6 is 0 Å². The van der Waals surface area contributed by atoms with Crippen molar-refractivity contribution >= 4 is 29.0 Å². The average molecular weight is 407 g/mol. The van der Waals surface area contributed by atoms with Gasteiger partial charge in [0.25, 0.3) is 0 Å². The van der Waals surface area contributed by atoms with E-state index in [1.807, 2.05) is 6.07 Å². The van der Waals surface area contributed by atoms with Gasteiger partial charge in [-0.1, -0.05) is 0 Å². The largest absolute Gasteiger partial charge is 0.421 e. The highest BCUT2D eigenvalue weighted by atomic mass is 19.4. The van der Waals surface area contributed by atoms with Gasteiger partial charge in [0.15, 0.2) is 0 Å². The molecule has 3 heterocycles. The van der Waals surface area contributed by atoms with Crippen molar-refractivity contribution < 1.29 is 22.7 Å². The van der Waals surface area contributed by atoms with Crippen LogP contribution in [0.2, 0.25) is 0 Å². The molecular formula is C19H20F3N5O2. The lowest BCUT2D eigenvalue weighted by molar-refractivity contribution is -0.137. The van der Waals surface area contributed by atoms with Crippen LogP contribution in [-0.4, -0.2) is 41.7 Å². The zero-order valence-corrected chi connectivity index (χ0v) is 15.7. The Morgan fingerprint density at radius 1 is 1.31 bits per heavy atom. The molecule has 1 saturated heterocycles. The molecule has 0 bridgehead atoms. The summed E-state index contributed by atoms with van der Waals surface area (Å²) in [6.07, 6.45) is -2.76. The third kappa shape index (κ3) is 4.12. The van der Waals surface area contributed by atoms with Crippen molar-refractivity contribution in [3.8, 4) is 0 Å². The van der Waals surface area contributed by atoms with Gasteiger partial charge in [0.1, 0.15) is 11.4 Å². The normalized spacial score (nSPS) is 19.5. The maximum absolute atomic E-state index is 13.5. The number of hydrogen-bond acceptors (Lipinski definition) is 6. The van der Waals surface area contributed by atoms with E-state index in [2.05, 4.69) is 20.6 Å². The van der Waals surface area contributed by atoms with Crippen LogP contribution in [0, 0.1) is 0 Å². The predicted octanol–water partition coefficient (Wildman–Crippen LogP) is 3.35. The van der Waals surface area contributed by atoms with E-state index < -0.39 is 11.7 Å². The fourth-order valence-electron chi connectivity index (χ4n) is 3.48. The first kappa shape index (κ1) is 19.4. The minimum Gasteiger partial charge on any atom is -0.377 e. The van der Waals surface area contributed by atoms with Crippen LogP contribution in [0.4, 0.5) is 36.3 Å². The van der Waals surface area contributed by atoms with Gasteiger partial charge in [-0.05, 0) is 37.1 Å². The van der Waals surface area contributed by atoms with Gasteiger partial charge in [-0.2, -0.15) is 18.2 Å². The van der Waals surface area contributed by atoms with Crippen molar-refractivity contribution in [2.45, 2.75) is 32.0 Å². The van der Waals surface area contributed by atoms with Crippen molar-refractivity contribution in [1.82, 2.24) is 9.97 Å². The molecule has 1 aromatic carbocycles. The summed E-state index contributed by atoms with van der Waals surface area (Å²) in [5.74, 6) is -0.115. The fourth-order valence-corrected chi connectivity index (χ4v) is 3.48. The number of alkyl halides is 3. The summed E-state index contributed by atoms with van der Waals surface area (Å²) in [5.41, 5.74) is 1.46. The van der Waals surface area contributed by atoms with Gasteiger partial charge < -0.3 is 20.3 Å². The highest BCUT2D eigenvalue weighted by Gasteiger charge is 2.38. The second kappa shape index (κ2) is 7.51. The third-order valence-electron chi connectivity index (χ3n) is 4.97. The highest BCUT2D eigenvalue weighted by molar-refractivity contribution is 5.94. The molecule has 2 aromatic rings. The van der Waals surface area contributed by atoms with Crippen LogP contribution in [0.1, 0.15) is 24.5 Å². The molecule has 4 rings (SSSR count). The summed E-state index contributed by atoms with van der Waals surface area (Å²) in [6, 6.07) is 5.08. The maximum atomic E-state index is 13.5. The molecule has 1 fully saturated rings. The van der Waals surface area contributed by atoms with Crippen LogP contribution in [0.5, 0.6) is 0 Å². The van der Waals surface area contributed by atoms with E-state index >= 15 is 0 Å². The summed E-state index contributed by atoms with van der Waals surface area (Å²) < 4.78 is 45.9. The zero-order valence-electron chi connectivity index (χ0n) is 15.7. The van der Waals surface area contributed by atoms with E-state index in [1.54, 1.807) is 24.0 Å². The van der Waals surface area contributed by atoms with E-state index in [0.717, 1.165) is 17.4 Å². The first-order valence-corrected chi connectivity index (χ1v) is 9.29. The molecule has 2 N–H and O–H groups in total. The molecule has 154 valence electrons. The van der Waals surface area contributed by atoms with E-state index in [1.165, 1.54) is 0 Å². The Hall–Kier alpha value is -2.88. The summed E-state index contributed by atoms with van der Waals surface area (Å²) in [6.45, 7) is 2.79. The lowest BCUT2D eigenvalue weighted by atomic mass is 10.0. The zero-order chi connectivity index (χ0) is 20.6. The number of nitrogens with one attached hydrogen (secondary N) is 2. The van der Waals surface area contributed by atoms with Gasteiger partial charge in [0.2, 0.25) is 11.9 Å². The molecule has 2 aliphatic rings. The smallest absolute Gasteiger partial charge is 0.377 e. The molecule has 0 spiro atoms. The predicted molar refractivity (Wildman–Crippen MR) is 101 cm³/mol. The summed E-state index contributed by atoms with van der Waals surface area (Å²) >= 11 is 0. The van der Waals surface area contributed by atoms with E-state index in [0.29, 0.717) is 38.3 Å². The monoisotopic (exact) mass is 407 g/mol. The molecule has 1 atom stereocenters. The topological polar surface area (TPSA) is 79.4 Å². The van der Waals surface area contributed by atoms with Crippen molar-refractivity contribution in [2.24, 2.45) is 0 Å². The first-order valence-electron chi connectivity index (χ1n) is 9.29. The second-order valence-corrected chi connectivity index (χ2v) is 7.09. The van der Waals surface area contributed by atoms with Gasteiger partial charge in [-0.25, -0.2) is 4.98 Å². The minimum absolute atomic E-state index is 0.0337. The minimum atomic E-state index is -4.56. The number of hydrogen-bond donors (Lipinski definition) is 2. The summed E-state index contributed by atoms with van der Waals surface area (Å²) in [4.78, 5) is 21.1. The molecule has 2 aliphatic heterocycles. The molecule has 10 heteroatoms. The Morgan fingerprint density at radius 3 is 2.90 bits per heavy atom. The molecule has 1 amide bonds. The number of morpholine rings is 1. The molecular weight excluding hydrogens is 387 g/mol. The van der Waals surface area contributed by atoms with Crippen molar-refractivity contribution in [2.75, 3.05) is 35.3 Å². The Bertz CT molecular complexity index is 935. The first-order chi connectivity index (χ1) is 13.8. The van der Waals surface area contributed by atoms with E-state index in [4.69, 9.17) is 4.74 Å². The molecule has 7 nitrogen and oxygen atoms in total. The van der Waals surface area contributed by atoms with Gasteiger partial charge in [0.05, 0.1) is 19.3 Å². The molecule has 29 heavy (non-hydrogen) atoms. The average Bonchev–Trinajstić information content (AvgIpc) is 2.67. The van der Waals surface area contributed by atoms with Crippen molar-refractivity contribution in [3.63, 3.8) is 0 Å². The number of aromatic nitrogens is 2. The molecule has 0 aliphatic carbocycles. The maximum Gasteiger partial charge on any atom is 0.421 e. The van der Waals surface area contributed by atoms with E-state index in [-0.39, 0.29) is 23.7 Å². The number of halogens is 3. The lowest BCUT2D eigenvalue weighted by Crippen LogP contribution is -2.45. The van der Waals surface area contributed by atoms with Crippen LogP contribution in [-0.2, 0) is 22.1 Å². The molecule has 0 radical (unpaired) electrons. The molecule has 1 unspecified atom stereocenters. The van der Waals surface area contributed by atoms with Crippen LogP contribution in [0.25, 0.3) is 0 Å². The number of carbonyl (C=O) groups excluding carboxylic acids is 1. The van der Waals surface area contributed by atoms with Gasteiger partial charge in [0, 0.05) is 30.5 Å². The third-order valence-corrected chi connectivity index (χ3v) is 4.97. The Morgan fingerprint density at radius 2 is 2.14 bits per heavy atom. The number of benzene rings is 1. The SMILES string of the molecule is CC1COCCN1c1nc(Nc2ccc3c(c2)CCC(=O)N3)ncc1C(F)(F)F. The summed E-state index contributed by atoms with van der Waals surface area (Å²) in [5, 5.41) is 5.77. The Kier molecular flexibility index (Phi) is 5.03. The number of nitrogens with zero attached hydrogens (tertiary/aromatic N) is 3. The molecule has 1 aromatic heterocycles. The number of fused-ring (bicyclic) bond motifs is 1. The summed E-state index contributed by atoms with van der Waals surface area (Å²) in [7, 11) is 0. The van der Waals surface area contributed by atoms with Gasteiger partial charge >= 0.3 is 6.18 Å². The van der Waals surface area contributed by atoms with Crippen LogP contribution < -0.4 is 15.5 Å². The second-order valence-electron chi connectivity index (χ2n) is 7.09. The number of rotatable bonds is 3. The highest BCUT2D eigenvalue weighted by Crippen LogP contribution is 2.37. The standard InChI is InChI=1S/C19H20F3N5O2/c1-11-10-29-7-6-27(11)17-14(19(20,21)22)9-23-18(26-17)24-13-3-4-15-12(8-13)2-5-16(28)25-15/h3-4,8-9,11H,2,5-7,10H2,1H3,(H,25,28)(H,23,24,26). The Balaban J connectivity index is 1.65. The van der Waals surface area contributed by atoms with Crippen molar-refractivity contribution in [1.29, 1.82) is 0 Å². The lowest BCUT2D eigenvalue weighted by Gasteiger charge is -2.35. The molecule has 0 saturated carbocycles.